The third kappa shape index (κ3) is 4.45. The number of hydrogen-bond acceptors (Lipinski definition) is 5. The molecule has 2 saturated heterocycles. The first-order valence-electron chi connectivity index (χ1n) is 10.4. The third-order valence-corrected chi connectivity index (χ3v) is 7.36. The summed E-state index contributed by atoms with van der Waals surface area (Å²) >= 11 is 10.3. The number of thioether (sulfide) groups is 1. The van der Waals surface area contributed by atoms with Crippen LogP contribution >= 0.6 is 39.9 Å². The van der Waals surface area contributed by atoms with Gasteiger partial charge in [0.25, 0.3) is 5.91 Å². The van der Waals surface area contributed by atoms with Gasteiger partial charge in [-0.1, -0.05) is 70.2 Å². The first kappa shape index (κ1) is 21.6. The summed E-state index contributed by atoms with van der Waals surface area (Å²) in [6.45, 7) is 1.27. The van der Waals surface area contributed by atoms with Gasteiger partial charge in [0.15, 0.2) is 0 Å². The maximum Gasteiger partial charge on any atom is 0.266 e. The highest BCUT2D eigenvalue weighted by molar-refractivity contribution is 9.10. The summed E-state index contributed by atoms with van der Waals surface area (Å²) in [5.41, 5.74) is 3.61. The quantitative estimate of drug-likeness (QED) is 0.316. The Balaban J connectivity index is 1.51. The van der Waals surface area contributed by atoms with Crippen LogP contribution in [0.1, 0.15) is 18.4 Å². The molecule has 1 atom stereocenters. The van der Waals surface area contributed by atoms with E-state index < -0.39 is 0 Å². The Morgan fingerprint density at radius 2 is 1.97 bits per heavy atom. The van der Waals surface area contributed by atoms with E-state index in [-0.39, 0.29) is 12.0 Å². The van der Waals surface area contributed by atoms with Crippen LogP contribution in [0.4, 0.5) is 0 Å². The topological polar surface area (TPSA) is 47.4 Å². The molecular weight excluding hydrogens is 506 g/mol. The molecule has 0 spiro atoms. The molecule has 32 heavy (non-hydrogen) atoms. The number of rotatable bonds is 5. The summed E-state index contributed by atoms with van der Waals surface area (Å²) in [6, 6.07) is 17.9. The lowest BCUT2D eigenvalue weighted by Gasteiger charge is -2.18. The van der Waals surface area contributed by atoms with E-state index in [1.54, 1.807) is 4.90 Å². The van der Waals surface area contributed by atoms with Crippen LogP contribution in [-0.2, 0) is 9.53 Å². The molecule has 2 aromatic carbocycles. The Morgan fingerprint density at radius 3 is 2.69 bits per heavy atom. The molecule has 5 nitrogen and oxygen atoms in total. The predicted octanol–water partition coefficient (Wildman–Crippen LogP) is 5.68. The lowest BCUT2D eigenvalue weighted by Crippen LogP contribution is -2.35. The van der Waals surface area contributed by atoms with E-state index in [0.717, 1.165) is 46.4 Å². The number of thiocarbonyl (C=S) groups is 1. The molecule has 162 valence electrons. The molecule has 0 saturated carbocycles. The number of carbonyl (C=O) groups is 1. The molecular formula is C24H20BrN3O2S2. The summed E-state index contributed by atoms with van der Waals surface area (Å²) in [5.74, 6) is -0.0651. The smallest absolute Gasteiger partial charge is 0.266 e. The maximum atomic E-state index is 13.1. The normalized spacial score (nSPS) is 20.0. The van der Waals surface area contributed by atoms with Gasteiger partial charge in [-0.2, -0.15) is 5.10 Å². The standard InChI is InChI=1S/C24H20BrN3O2S2/c25-18-10-8-16(9-11-18)22-17(14-28(26-22)19-5-2-1-3-6-19)13-21-23(29)27(24(31)32-21)15-20-7-4-12-30-20/h1-3,5-6,8-11,13-14,20H,4,7,12,15H2/b21-13-. The third-order valence-electron chi connectivity index (χ3n) is 5.45. The Labute approximate surface area is 204 Å². The van der Waals surface area contributed by atoms with Crippen LogP contribution < -0.4 is 0 Å². The van der Waals surface area contributed by atoms with E-state index in [2.05, 4.69) is 15.9 Å². The second kappa shape index (κ2) is 9.31. The second-order valence-corrected chi connectivity index (χ2v) is 10.2. The Kier molecular flexibility index (Phi) is 6.28. The number of carbonyl (C=O) groups excluding carboxylic acids is 1. The second-order valence-electron chi connectivity index (χ2n) is 7.65. The van der Waals surface area contributed by atoms with Crippen LogP contribution in [0.25, 0.3) is 23.0 Å². The number of para-hydroxylation sites is 1. The number of nitrogens with zero attached hydrogens (tertiary/aromatic N) is 3. The molecule has 1 unspecified atom stereocenters. The number of hydrogen-bond donors (Lipinski definition) is 0. The van der Waals surface area contributed by atoms with Crippen molar-refractivity contribution >= 4 is 56.2 Å². The minimum absolute atomic E-state index is 0.0651. The summed E-state index contributed by atoms with van der Waals surface area (Å²) in [7, 11) is 0. The highest BCUT2D eigenvalue weighted by Gasteiger charge is 2.35. The fourth-order valence-corrected chi connectivity index (χ4v) is 5.36. The van der Waals surface area contributed by atoms with E-state index in [1.165, 1.54) is 11.8 Å². The van der Waals surface area contributed by atoms with Crippen molar-refractivity contribution in [2.24, 2.45) is 0 Å². The molecule has 2 aliphatic rings. The molecule has 0 aliphatic carbocycles. The first-order valence-corrected chi connectivity index (χ1v) is 12.4. The van der Waals surface area contributed by atoms with Gasteiger partial charge < -0.3 is 4.74 Å². The summed E-state index contributed by atoms with van der Waals surface area (Å²) in [4.78, 5) is 15.4. The van der Waals surface area contributed by atoms with Crippen LogP contribution in [0.15, 0.2) is 70.2 Å². The zero-order chi connectivity index (χ0) is 22.1. The largest absolute Gasteiger partial charge is 0.376 e. The molecule has 0 bridgehead atoms. The van der Waals surface area contributed by atoms with E-state index in [4.69, 9.17) is 22.1 Å². The van der Waals surface area contributed by atoms with Crippen molar-refractivity contribution in [3.05, 3.63) is 75.7 Å². The fourth-order valence-electron chi connectivity index (χ4n) is 3.83. The summed E-state index contributed by atoms with van der Waals surface area (Å²) in [6.07, 6.45) is 5.92. The molecule has 3 aromatic rings. The number of benzene rings is 2. The zero-order valence-electron chi connectivity index (χ0n) is 17.1. The number of halogens is 1. The minimum Gasteiger partial charge on any atom is -0.376 e. The van der Waals surface area contributed by atoms with Crippen molar-refractivity contribution in [3.8, 4) is 16.9 Å². The molecule has 2 fully saturated rings. The van der Waals surface area contributed by atoms with Crippen LogP contribution in [0.2, 0.25) is 0 Å². The monoisotopic (exact) mass is 525 g/mol. The van der Waals surface area contributed by atoms with Crippen molar-refractivity contribution in [2.45, 2.75) is 18.9 Å². The van der Waals surface area contributed by atoms with Crippen LogP contribution in [0, 0.1) is 0 Å². The molecule has 0 N–H and O–H groups in total. The molecule has 5 rings (SSSR count). The van der Waals surface area contributed by atoms with Gasteiger partial charge in [0, 0.05) is 28.4 Å². The van der Waals surface area contributed by atoms with Gasteiger partial charge in [-0.25, -0.2) is 4.68 Å². The van der Waals surface area contributed by atoms with Gasteiger partial charge in [-0.15, -0.1) is 0 Å². The van der Waals surface area contributed by atoms with Crippen LogP contribution in [-0.4, -0.2) is 44.2 Å². The van der Waals surface area contributed by atoms with Crippen molar-refractivity contribution in [3.63, 3.8) is 0 Å². The lowest BCUT2D eigenvalue weighted by atomic mass is 10.1. The Morgan fingerprint density at radius 1 is 1.19 bits per heavy atom. The Hall–Kier alpha value is -2.26. The van der Waals surface area contributed by atoms with Gasteiger partial charge in [0.1, 0.15) is 4.32 Å². The average molecular weight is 526 g/mol. The molecule has 0 radical (unpaired) electrons. The summed E-state index contributed by atoms with van der Waals surface area (Å²) < 4.78 is 9.13. The number of aromatic nitrogens is 2. The van der Waals surface area contributed by atoms with E-state index in [0.29, 0.717) is 15.8 Å². The average Bonchev–Trinajstić information content (AvgIpc) is 3.53. The van der Waals surface area contributed by atoms with Crippen LogP contribution in [0.5, 0.6) is 0 Å². The van der Waals surface area contributed by atoms with Gasteiger partial charge in [-0.05, 0) is 43.2 Å². The van der Waals surface area contributed by atoms with Crippen molar-refractivity contribution in [2.75, 3.05) is 13.2 Å². The molecule has 3 heterocycles. The first-order chi connectivity index (χ1) is 15.6. The van der Waals surface area contributed by atoms with Gasteiger partial charge in [0.2, 0.25) is 0 Å². The van der Waals surface area contributed by atoms with Crippen molar-refractivity contribution in [1.29, 1.82) is 0 Å². The van der Waals surface area contributed by atoms with Gasteiger partial charge >= 0.3 is 0 Å². The van der Waals surface area contributed by atoms with Crippen LogP contribution in [0.3, 0.4) is 0 Å². The van der Waals surface area contributed by atoms with E-state index in [9.17, 15) is 4.79 Å². The summed E-state index contributed by atoms with van der Waals surface area (Å²) in [5, 5.41) is 4.84. The highest BCUT2D eigenvalue weighted by atomic mass is 79.9. The highest BCUT2D eigenvalue weighted by Crippen LogP contribution is 2.35. The molecule has 8 heteroatoms. The number of ether oxygens (including phenoxy) is 1. The van der Waals surface area contributed by atoms with Gasteiger partial charge in [0.05, 0.1) is 28.9 Å². The fraction of sp³-hybridized carbons (Fsp3) is 0.208. The zero-order valence-corrected chi connectivity index (χ0v) is 20.3. The minimum atomic E-state index is -0.0651. The Bertz CT molecular complexity index is 1190. The lowest BCUT2D eigenvalue weighted by molar-refractivity contribution is -0.123. The van der Waals surface area contributed by atoms with Gasteiger partial charge in [-0.3, -0.25) is 9.69 Å². The number of amides is 1. The maximum absolute atomic E-state index is 13.1. The van der Waals surface area contributed by atoms with Crippen molar-refractivity contribution < 1.29 is 9.53 Å². The molecule has 1 amide bonds. The predicted molar refractivity (Wildman–Crippen MR) is 136 cm³/mol. The SMILES string of the molecule is O=C1/C(=C/c2cn(-c3ccccc3)nc2-c2ccc(Br)cc2)SC(=S)N1CC1CCCO1. The molecule has 1 aromatic heterocycles. The van der Waals surface area contributed by atoms with Crippen molar-refractivity contribution in [1.82, 2.24) is 14.7 Å². The van der Waals surface area contributed by atoms with E-state index >= 15 is 0 Å². The van der Waals surface area contributed by atoms with E-state index in [1.807, 2.05) is 71.6 Å². The molecule has 2 aliphatic heterocycles.